The van der Waals surface area contributed by atoms with Crippen LogP contribution in [0.2, 0.25) is 5.02 Å². The van der Waals surface area contributed by atoms with Gasteiger partial charge in [-0.1, -0.05) is 29.8 Å². The molecule has 192 valence electrons. The first-order chi connectivity index (χ1) is 18.3. The molecule has 0 saturated heterocycles. The highest BCUT2D eigenvalue weighted by atomic mass is 35.5. The van der Waals surface area contributed by atoms with Crippen LogP contribution in [-0.2, 0) is 10.0 Å². The Morgan fingerprint density at radius 2 is 1.74 bits per heavy atom. The number of fused-ring (bicyclic) bond motifs is 1. The van der Waals surface area contributed by atoms with Crippen molar-refractivity contribution in [3.8, 4) is 22.9 Å². The van der Waals surface area contributed by atoms with Gasteiger partial charge in [0.1, 0.15) is 6.07 Å². The molecule has 0 unspecified atom stereocenters. The van der Waals surface area contributed by atoms with Crippen LogP contribution in [-0.4, -0.2) is 36.8 Å². The molecule has 3 aromatic carbocycles. The molecular formula is C28H24ClN5O3S. The number of anilines is 3. The number of hydrogen-bond donors (Lipinski definition) is 1. The molecule has 0 aliphatic heterocycles. The Labute approximate surface area is 225 Å². The summed E-state index contributed by atoms with van der Waals surface area (Å²) in [6.45, 7) is 0. The van der Waals surface area contributed by atoms with E-state index in [-0.39, 0.29) is 11.9 Å². The number of rotatable bonds is 8. The van der Waals surface area contributed by atoms with Gasteiger partial charge in [0, 0.05) is 17.4 Å². The van der Waals surface area contributed by atoms with Crippen LogP contribution in [0.5, 0.6) is 5.75 Å². The highest BCUT2D eigenvalue weighted by Gasteiger charge is 2.32. The molecule has 0 radical (unpaired) electrons. The number of aromatic nitrogens is 2. The van der Waals surface area contributed by atoms with Crippen LogP contribution in [0.4, 0.5) is 17.2 Å². The molecule has 1 aromatic heterocycles. The Hall–Kier alpha value is -3.87. The van der Waals surface area contributed by atoms with Gasteiger partial charge in [0.2, 0.25) is 10.0 Å². The number of nitrogens with one attached hydrogen (secondary N) is 1. The lowest BCUT2D eigenvalue weighted by molar-refractivity contribution is 0.302. The first-order valence-corrected chi connectivity index (χ1v) is 14.6. The fourth-order valence-corrected chi connectivity index (χ4v) is 5.16. The van der Waals surface area contributed by atoms with Crippen molar-refractivity contribution in [2.75, 3.05) is 15.9 Å². The van der Waals surface area contributed by atoms with Crippen LogP contribution in [0.1, 0.15) is 31.2 Å². The van der Waals surface area contributed by atoms with Gasteiger partial charge >= 0.3 is 0 Å². The molecule has 0 bridgehead atoms. The molecule has 0 amide bonds. The van der Waals surface area contributed by atoms with E-state index in [9.17, 15) is 13.7 Å². The minimum Gasteiger partial charge on any atom is -0.487 e. The van der Waals surface area contributed by atoms with Crippen LogP contribution in [0, 0.1) is 11.3 Å². The van der Waals surface area contributed by atoms with E-state index >= 15 is 0 Å². The van der Waals surface area contributed by atoms with E-state index in [1.54, 1.807) is 0 Å². The topological polar surface area (TPSA) is 108 Å². The summed E-state index contributed by atoms with van der Waals surface area (Å²) < 4.78 is 31.2. The number of halogens is 1. The maximum atomic E-state index is 11.5. The molecule has 1 N–H and O–H groups in total. The molecule has 0 atom stereocenters. The van der Waals surface area contributed by atoms with Gasteiger partial charge in [-0.25, -0.2) is 13.4 Å². The third kappa shape index (κ3) is 5.23. The van der Waals surface area contributed by atoms with Gasteiger partial charge in [-0.15, -0.1) is 0 Å². The fraction of sp³-hybridized carbons (Fsp3) is 0.250. The van der Waals surface area contributed by atoms with Gasteiger partial charge in [-0.3, -0.25) is 9.71 Å². The van der Waals surface area contributed by atoms with Gasteiger partial charge in [0.05, 0.1) is 40.2 Å². The predicted octanol–water partition coefficient (Wildman–Crippen LogP) is 6.04. The highest BCUT2D eigenvalue weighted by molar-refractivity contribution is 7.92. The van der Waals surface area contributed by atoms with E-state index in [0.29, 0.717) is 33.4 Å². The Bertz CT molecular complexity index is 1690. The average molecular weight is 546 g/mol. The van der Waals surface area contributed by atoms with Gasteiger partial charge < -0.3 is 9.64 Å². The summed E-state index contributed by atoms with van der Waals surface area (Å²) in [7, 11) is -3.43. The quantitative estimate of drug-likeness (QED) is 0.288. The Morgan fingerprint density at radius 3 is 2.39 bits per heavy atom. The summed E-state index contributed by atoms with van der Waals surface area (Å²) in [5, 5.41) is 10.2. The number of nitriles is 1. The van der Waals surface area contributed by atoms with E-state index in [1.807, 2.05) is 30.3 Å². The number of sulfonamides is 1. The zero-order valence-corrected chi connectivity index (χ0v) is 22.1. The third-order valence-corrected chi connectivity index (χ3v) is 7.32. The van der Waals surface area contributed by atoms with E-state index in [1.165, 1.54) is 6.20 Å². The minimum atomic E-state index is -3.43. The summed E-state index contributed by atoms with van der Waals surface area (Å²) >= 11 is 6.59. The van der Waals surface area contributed by atoms with Crippen LogP contribution in [0.3, 0.4) is 0 Å². The van der Waals surface area contributed by atoms with Crippen molar-refractivity contribution in [3.63, 3.8) is 0 Å². The van der Waals surface area contributed by atoms with Gasteiger partial charge in [0.15, 0.2) is 11.6 Å². The number of hydrogen-bond acceptors (Lipinski definition) is 7. The van der Waals surface area contributed by atoms with Crippen molar-refractivity contribution in [2.24, 2.45) is 0 Å². The Kier molecular flexibility index (Phi) is 6.09. The van der Waals surface area contributed by atoms with E-state index < -0.39 is 10.0 Å². The predicted molar refractivity (Wildman–Crippen MR) is 148 cm³/mol. The molecule has 4 aromatic rings. The van der Waals surface area contributed by atoms with Gasteiger partial charge in [-0.2, -0.15) is 5.26 Å². The SMILES string of the molecule is CS(=O)(=O)Nc1cnc2cc(-c3ccc(N(c4cc(Cl)c(OC5CC5)c(C#N)c4)C4CC4)cc3)ccc2n1. The first-order valence-electron chi connectivity index (χ1n) is 12.3. The zero-order valence-electron chi connectivity index (χ0n) is 20.6. The normalized spacial score (nSPS) is 15.2. The van der Waals surface area contributed by atoms with Crippen molar-refractivity contribution in [3.05, 3.63) is 71.4 Å². The molecule has 2 fully saturated rings. The summed E-state index contributed by atoms with van der Waals surface area (Å²) in [4.78, 5) is 10.9. The Balaban J connectivity index is 1.28. The first kappa shape index (κ1) is 24.5. The van der Waals surface area contributed by atoms with Gasteiger partial charge in [0.25, 0.3) is 0 Å². The van der Waals surface area contributed by atoms with Crippen molar-refractivity contribution in [1.29, 1.82) is 5.26 Å². The number of benzene rings is 3. The largest absolute Gasteiger partial charge is 0.487 e. The summed E-state index contributed by atoms with van der Waals surface area (Å²) in [6, 6.07) is 20.3. The van der Waals surface area contributed by atoms with Gasteiger partial charge in [-0.05, 0) is 73.2 Å². The van der Waals surface area contributed by atoms with E-state index in [0.717, 1.165) is 54.4 Å². The second-order valence-corrected chi connectivity index (χ2v) is 11.9. The lowest BCUT2D eigenvalue weighted by Gasteiger charge is -2.26. The van der Waals surface area contributed by atoms with E-state index in [2.05, 4.69) is 49.9 Å². The monoisotopic (exact) mass is 545 g/mol. The summed E-state index contributed by atoms with van der Waals surface area (Å²) in [5.41, 5.74) is 5.59. The molecule has 10 heteroatoms. The molecule has 38 heavy (non-hydrogen) atoms. The number of nitrogens with zero attached hydrogens (tertiary/aromatic N) is 4. The lowest BCUT2D eigenvalue weighted by atomic mass is 10.0. The zero-order chi connectivity index (χ0) is 26.4. The molecule has 1 heterocycles. The smallest absolute Gasteiger partial charge is 0.231 e. The summed E-state index contributed by atoms with van der Waals surface area (Å²) in [6.07, 6.45) is 6.77. The standard InChI is InChI=1S/C28H24ClN5O3S/c1-38(35,36)33-27-16-31-26-13-18(4-11-25(26)32-27)17-2-5-20(6-3-17)34(21-7-8-21)22-12-19(15-30)28(24(29)14-22)37-23-9-10-23/h2-6,11-14,16,21,23H,7-10H2,1H3,(H,32,33). The van der Waals surface area contributed by atoms with Crippen LogP contribution in [0.15, 0.2) is 60.8 Å². The average Bonchev–Trinajstić information content (AvgIpc) is 3.81. The minimum absolute atomic E-state index is 0.157. The van der Waals surface area contributed by atoms with Crippen LogP contribution in [0.25, 0.3) is 22.2 Å². The fourth-order valence-electron chi connectivity index (χ4n) is 4.42. The number of ether oxygens (including phenoxy) is 1. The molecule has 2 aliphatic carbocycles. The van der Waals surface area contributed by atoms with Crippen LogP contribution < -0.4 is 14.4 Å². The summed E-state index contributed by atoms with van der Waals surface area (Å²) in [5.74, 6) is 0.661. The molecular weight excluding hydrogens is 522 g/mol. The molecule has 2 aliphatic rings. The molecule has 8 nitrogen and oxygen atoms in total. The van der Waals surface area contributed by atoms with E-state index in [4.69, 9.17) is 16.3 Å². The second-order valence-electron chi connectivity index (χ2n) is 9.71. The van der Waals surface area contributed by atoms with Crippen LogP contribution >= 0.6 is 11.6 Å². The molecule has 0 spiro atoms. The van der Waals surface area contributed by atoms with Crippen molar-refractivity contribution < 1.29 is 13.2 Å². The maximum Gasteiger partial charge on any atom is 0.231 e. The molecule has 2 saturated carbocycles. The highest BCUT2D eigenvalue weighted by Crippen LogP contribution is 2.43. The van der Waals surface area contributed by atoms with Crippen molar-refractivity contribution in [1.82, 2.24) is 9.97 Å². The Morgan fingerprint density at radius 1 is 1.00 bits per heavy atom. The molecule has 6 rings (SSSR count). The maximum absolute atomic E-state index is 11.5. The second kappa shape index (κ2) is 9.46. The lowest BCUT2D eigenvalue weighted by Crippen LogP contribution is -2.19. The van der Waals surface area contributed by atoms with Crippen molar-refractivity contribution >= 4 is 49.9 Å². The third-order valence-electron chi connectivity index (χ3n) is 6.46. The van der Waals surface area contributed by atoms with Crippen molar-refractivity contribution in [2.45, 2.75) is 37.8 Å².